The highest BCUT2D eigenvalue weighted by atomic mass is 32.2. The van der Waals surface area contributed by atoms with Crippen LogP contribution < -0.4 is 5.73 Å². The zero-order valence-corrected chi connectivity index (χ0v) is 7.37. The minimum absolute atomic E-state index is 0.123. The third-order valence-electron chi connectivity index (χ3n) is 0.980. The Morgan fingerprint density at radius 2 is 2.17 bits per heavy atom. The van der Waals surface area contributed by atoms with Crippen molar-refractivity contribution in [1.82, 2.24) is 0 Å². The van der Waals surface area contributed by atoms with E-state index in [0.717, 1.165) is 0 Å². The summed E-state index contributed by atoms with van der Waals surface area (Å²) in [6.07, 6.45) is 0. The van der Waals surface area contributed by atoms with Gasteiger partial charge in [0.2, 0.25) is 0 Å². The summed E-state index contributed by atoms with van der Waals surface area (Å²) in [6.45, 7) is 1.69. The molecule has 3 N–H and O–H groups in total. The van der Waals surface area contributed by atoms with Crippen LogP contribution in [0.3, 0.4) is 0 Å². The second-order valence-electron chi connectivity index (χ2n) is 2.11. The number of nitrogens with two attached hydrogens (primary N) is 1. The summed E-state index contributed by atoms with van der Waals surface area (Å²) in [5, 5.41) is 0. The largest absolute Gasteiger partial charge is 0.465 e. The first-order valence-corrected chi connectivity index (χ1v) is 4.85. The molecule has 7 heteroatoms. The summed E-state index contributed by atoms with van der Waals surface area (Å²) >= 11 is 0. The van der Waals surface area contributed by atoms with Crippen molar-refractivity contribution in [3.05, 3.63) is 0 Å². The van der Waals surface area contributed by atoms with Gasteiger partial charge in [0.05, 0.1) is 6.61 Å². The van der Waals surface area contributed by atoms with Gasteiger partial charge < -0.3 is 10.5 Å². The van der Waals surface area contributed by atoms with Gasteiger partial charge in [-0.1, -0.05) is 0 Å². The van der Waals surface area contributed by atoms with Gasteiger partial charge >= 0.3 is 5.97 Å². The maximum absolute atomic E-state index is 10.7. The Morgan fingerprint density at radius 1 is 1.67 bits per heavy atom. The molecule has 0 rings (SSSR count). The summed E-state index contributed by atoms with van der Waals surface area (Å²) in [5.41, 5.74) is 5.08. The third kappa shape index (κ3) is 5.05. The van der Waals surface area contributed by atoms with Crippen LogP contribution in [0.15, 0.2) is 0 Å². The van der Waals surface area contributed by atoms with Crippen molar-refractivity contribution in [1.29, 1.82) is 0 Å². The van der Waals surface area contributed by atoms with Crippen LogP contribution in [0, 0.1) is 0 Å². The lowest BCUT2D eigenvalue weighted by molar-refractivity contribution is -0.144. The molecule has 1 atom stereocenters. The molecule has 0 saturated heterocycles. The molecule has 0 spiro atoms. The van der Waals surface area contributed by atoms with Gasteiger partial charge in [0.25, 0.3) is 10.1 Å². The molecule has 0 aromatic carbocycles. The average Bonchev–Trinajstić information content (AvgIpc) is 1.84. The SMILES string of the molecule is CCOC(=O)C(N)CS(=O)(=O)O. The van der Waals surface area contributed by atoms with E-state index in [1.807, 2.05) is 0 Å². The molecule has 0 aliphatic rings. The Labute approximate surface area is 70.4 Å². The number of rotatable bonds is 4. The van der Waals surface area contributed by atoms with E-state index in [-0.39, 0.29) is 6.61 Å². The Balaban J connectivity index is 4.05. The van der Waals surface area contributed by atoms with Gasteiger partial charge in [-0.25, -0.2) is 0 Å². The van der Waals surface area contributed by atoms with Gasteiger partial charge in [0, 0.05) is 0 Å². The van der Waals surface area contributed by atoms with E-state index in [9.17, 15) is 13.2 Å². The molecule has 0 aromatic rings. The number of carbonyl (C=O) groups is 1. The summed E-state index contributed by atoms with van der Waals surface area (Å²) < 4.78 is 33.1. The van der Waals surface area contributed by atoms with Crippen LogP contribution in [0.1, 0.15) is 6.92 Å². The lowest BCUT2D eigenvalue weighted by Crippen LogP contribution is -2.38. The molecule has 72 valence electrons. The molecule has 0 amide bonds. The smallest absolute Gasteiger partial charge is 0.324 e. The monoisotopic (exact) mass is 197 g/mol. The molecule has 0 aliphatic carbocycles. The first-order chi connectivity index (χ1) is 5.37. The first-order valence-electron chi connectivity index (χ1n) is 3.24. The van der Waals surface area contributed by atoms with E-state index in [4.69, 9.17) is 10.3 Å². The van der Waals surface area contributed by atoms with Crippen molar-refractivity contribution < 1.29 is 22.5 Å². The van der Waals surface area contributed by atoms with Gasteiger partial charge in [-0.2, -0.15) is 8.42 Å². The highest BCUT2D eigenvalue weighted by Crippen LogP contribution is 1.91. The fourth-order valence-corrected chi connectivity index (χ4v) is 1.13. The molecule has 0 fully saturated rings. The number of hydrogen-bond acceptors (Lipinski definition) is 5. The summed E-state index contributed by atoms with van der Waals surface area (Å²) in [7, 11) is -4.21. The number of ether oxygens (including phenoxy) is 1. The molecular weight excluding hydrogens is 186 g/mol. The van der Waals surface area contributed by atoms with Crippen molar-refractivity contribution in [3.63, 3.8) is 0 Å². The molecule has 1 unspecified atom stereocenters. The zero-order chi connectivity index (χ0) is 9.78. The zero-order valence-electron chi connectivity index (χ0n) is 6.56. The number of esters is 1. The summed E-state index contributed by atoms with van der Waals surface area (Å²) in [6, 6.07) is -1.32. The first kappa shape index (κ1) is 11.3. The van der Waals surface area contributed by atoms with E-state index < -0.39 is 27.9 Å². The quantitative estimate of drug-likeness (QED) is 0.431. The molecule has 0 aliphatic heterocycles. The molecular formula is C5H11NO5S. The Hall–Kier alpha value is -0.660. The van der Waals surface area contributed by atoms with E-state index in [1.54, 1.807) is 6.92 Å². The number of hydrogen-bond donors (Lipinski definition) is 2. The Kier molecular flexibility index (Phi) is 4.15. The second kappa shape index (κ2) is 4.39. The fourth-order valence-electron chi connectivity index (χ4n) is 0.544. The molecule has 0 heterocycles. The lowest BCUT2D eigenvalue weighted by atomic mass is 10.4. The fraction of sp³-hybridized carbons (Fsp3) is 0.800. The third-order valence-corrected chi connectivity index (χ3v) is 1.76. The van der Waals surface area contributed by atoms with Gasteiger partial charge in [0.1, 0.15) is 11.8 Å². The van der Waals surface area contributed by atoms with Crippen molar-refractivity contribution >= 4 is 16.1 Å². The van der Waals surface area contributed by atoms with Gasteiger partial charge in [-0.05, 0) is 6.92 Å². The molecule has 0 bridgehead atoms. The van der Waals surface area contributed by atoms with Gasteiger partial charge in [-0.3, -0.25) is 9.35 Å². The normalized spacial score (nSPS) is 13.9. The summed E-state index contributed by atoms with van der Waals surface area (Å²) in [4.78, 5) is 10.7. The van der Waals surface area contributed by atoms with Crippen LogP contribution in [0.25, 0.3) is 0 Å². The minimum atomic E-state index is -4.21. The predicted molar refractivity (Wildman–Crippen MR) is 41.0 cm³/mol. The van der Waals surface area contributed by atoms with Crippen molar-refractivity contribution in [2.24, 2.45) is 5.73 Å². The van der Waals surface area contributed by atoms with Crippen LogP contribution in [-0.2, 0) is 19.6 Å². The van der Waals surface area contributed by atoms with E-state index in [0.29, 0.717) is 0 Å². The van der Waals surface area contributed by atoms with E-state index in [2.05, 4.69) is 4.74 Å². The van der Waals surface area contributed by atoms with Crippen molar-refractivity contribution in [2.45, 2.75) is 13.0 Å². The standard InChI is InChI=1S/C5H11NO5S/c1-2-11-5(7)4(6)3-12(8,9)10/h4H,2-3,6H2,1H3,(H,8,9,10). The molecule has 0 radical (unpaired) electrons. The maximum atomic E-state index is 10.7. The Morgan fingerprint density at radius 3 is 2.50 bits per heavy atom. The van der Waals surface area contributed by atoms with Gasteiger partial charge in [0.15, 0.2) is 0 Å². The topological polar surface area (TPSA) is 107 Å². The van der Waals surface area contributed by atoms with Crippen LogP contribution in [-0.4, -0.2) is 37.3 Å². The van der Waals surface area contributed by atoms with Crippen molar-refractivity contribution in [2.75, 3.05) is 12.4 Å². The maximum Gasteiger partial charge on any atom is 0.324 e. The average molecular weight is 197 g/mol. The highest BCUT2D eigenvalue weighted by Gasteiger charge is 2.20. The summed E-state index contributed by atoms with van der Waals surface area (Å²) in [5.74, 6) is -1.65. The molecule has 6 nitrogen and oxygen atoms in total. The molecule has 0 saturated carbocycles. The highest BCUT2D eigenvalue weighted by molar-refractivity contribution is 7.85. The second-order valence-corrected chi connectivity index (χ2v) is 3.60. The van der Waals surface area contributed by atoms with Crippen LogP contribution >= 0.6 is 0 Å². The number of carbonyl (C=O) groups excluding carboxylic acids is 1. The van der Waals surface area contributed by atoms with E-state index >= 15 is 0 Å². The predicted octanol–water partition coefficient (Wildman–Crippen LogP) is -1.24. The van der Waals surface area contributed by atoms with Gasteiger partial charge in [-0.15, -0.1) is 0 Å². The van der Waals surface area contributed by atoms with Crippen LogP contribution in [0.5, 0.6) is 0 Å². The van der Waals surface area contributed by atoms with E-state index in [1.165, 1.54) is 0 Å². The lowest BCUT2D eigenvalue weighted by Gasteiger charge is -2.07. The molecule has 0 aromatic heterocycles. The van der Waals surface area contributed by atoms with Crippen LogP contribution in [0.2, 0.25) is 0 Å². The minimum Gasteiger partial charge on any atom is -0.465 e. The Bertz CT molecular complexity index is 247. The van der Waals surface area contributed by atoms with Crippen LogP contribution in [0.4, 0.5) is 0 Å². The molecule has 12 heavy (non-hydrogen) atoms. The van der Waals surface area contributed by atoms with Crippen molar-refractivity contribution in [3.8, 4) is 0 Å².